The molecule has 1 aliphatic rings. The van der Waals surface area contributed by atoms with E-state index in [0.717, 1.165) is 12.8 Å². The molecular weight excluding hydrogens is 308 g/mol. The van der Waals surface area contributed by atoms with Gasteiger partial charge in [0, 0.05) is 29.1 Å². The monoisotopic (exact) mass is 326 g/mol. The first kappa shape index (κ1) is 16.0. The van der Waals surface area contributed by atoms with Crippen molar-refractivity contribution in [3.8, 4) is 0 Å². The second-order valence-corrected chi connectivity index (χ2v) is 6.05. The molecule has 24 heavy (non-hydrogen) atoms. The zero-order chi connectivity index (χ0) is 17.1. The highest BCUT2D eigenvalue weighted by molar-refractivity contribution is 6.09. The van der Waals surface area contributed by atoms with Crippen LogP contribution in [-0.2, 0) is 4.79 Å². The van der Waals surface area contributed by atoms with Crippen LogP contribution in [0.4, 0.5) is 0 Å². The number of carboxylic acids is 1. The van der Waals surface area contributed by atoms with Crippen LogP contribution >= 0.6 is 0 Å². The van der Waals surface area contributed by atoms with Gasteiger partial charge >= 0.3 is 5.97 Å². The van der Waals surface area contributed by atoms with E-state index in [0.29, 0.717) is 29.0 Å². The lowest BCUT2D eigenvalue weighted by Gasteiger charge is -2.14. The van der Waals surface area contributed by atoms with Crippen molar-refractivity contribution in [2.24, 2.45) is 5.92 Å². The van der Waals surface area contributed by atoms with Crippen molar-refractivity contribution in [3.05, 3.63) is 59.4 Å². The Morgan fingerprint density at radius 2 is 1.75 bits per heavy atom. The second-order valence-electron chi connectivity index (χ2n) is 6.05. The van der Waals surface area contributed by atoms with Gasteiger partial charge in [0.25, 0.3) is 5.91 Å². The summed E-state index contributed by atoms with van der Waals surface area (Å²) in [6.07, 6.45) is 5.79. The lowest BCUT2D eigenvalue weighted by Crippen LogP contribution is -2.41. The van der Waals surface area contributed by atoms with Crippen molar-refractivity contribution >= 4 is 17.7 Å². The zero-order valence-electron chi connectivity index (χ0n) is 13.0. The molecule has 0 radical (unpaired) electrons. The molecular formula is C18H18N2O4. The first-order chi connectivity index (χ1) is 11.5. The average molecular weight is 326 g/mol. The summed E-state index contributed by atoms with van der Waals surface area (Å²) in [6, 6.07) is 7.02. The minimum atomic E-state index is -1.02. The number of benzene rings is 1. The molecule has 0 spiro atoms. The molecule has 3 N–H and O–H groups in total. The summed E-state index contributed by atoms with van der Waals surface area (Å²) >= 11 is 0. The third-order valence-corrected chi connectivity index (χ3v) is 4.14. The number of ketones is 1. The molecule has 1 aromatic heterocycles. The summed E-state index contributed by atoms with van der Waals surface area (Å²) in [5.41, 5.74) is 1.35. The normalized spacial score (nSPS) is 14.8. The number of aliphatic carboxylic acids is 1. The molecule has 1 aromatic carbocycles. The van der Waals surface area contributed by atoms with Crippen LogP contribution in [0.1, 0.15) is 45.5 Å². The van der Waals surface area contributed by atoms with Crippen molar-refractivity contribution in [2.75, 3.05) is 0 Å². The number of carbonyl (C=O) groups is 3. The van der Waals surface area contributed by atoms with Crippen molar-refractivity contribution in [2.45, 2.75) is 25.3 Å². The largest absolute Gasteiger partial charge is 0.480 e. The number of hydrogen-bond donors (Lipinski definition) is 3. The fourth-order valence-electron chi connectivity index (χ4n) is 2.55. The SMILES string of the molecule is O=C(NC(CC1CC1)C(=O)O)c1ccc(C(=O)c2cc[nH]c2)cc1. The first-order valence-electron chi connectivity index (χ1n) is 7.86. The van der Waals surface area contributed by atoms with Crippen molar-refractivity contribution < 1.29 is 19.5 Å². The van der Waals surface area contributed by atoms with E-state index in [2.05, 4.69) is 10.3 Å². The fourth-order valence-corrected chi connectivity index (χ4v) is 2.55. The minimum absolute atomic E-state index is 0.139. The van der Waals surface area contributed by atoms with E-state index < -0.39 is 17.9 Å². The van der Waals surface area contributed by atoms with Gasteiger partial charge in [-0.15, -0.1) is 0 Å². The van der Waals surface area contributed by atoms with Crippen LogP contribution in [0.3, 0.4) is 0 Å². The Balaban J connectivity index is 1.66. The standard InChI is InChI=1S/C18H18N2O4/c21-16(14-7-8-19-10-14)12-3-5-13(6-4-12)17(22)20-15(18(23)24)9-11-1-2-11/h3-8,10-11,15,19H,1-2,9H2,(H,20,22)(H,23,24). The average Bonchev–Trinajstić information content (AvgIpc) is 3.23. The molecule has 1 atom stereocenters. The van der Waals surface area contributed by atoms with E-state index in [1.807, 2.05) is 0 Å². The summed E-state index contributed by atoms with van der Waals surface area (Å²) in [5, 5.41) is 11.8. The molecule has 0 bridgehead atoms. The maximum Gasteiger partial charge on any atom is 0.326 e. The number of H-pyrrole nitrogens is 1. The Hall–Kier alpha value is -2.89. The van der Waals surface area contributed by atoms with Crippen molar-refractivity contribution in [3.63, 3.8) is 0 Å². The van der Waals surface area contributed by atoms with Crippen molar-refractivity contribution in [1.82, 2.24) is 10.3 Å². The lowest BCUT2D eigenvalue weighted by molar-refractivity contribution is -0.139. The number of nitrogens with one attached hydrogen (secondary N) is 2. The number of aromatic nitrogens is 1. The predicted molar refractivity (Wildman–Crippen MR) is 86.9 cm³/mol. The number of carbonyl (C=O) groups excluding carboxylic acids is 2. The maximum absolute atomic E-state index is 12.2. The summed E-state index contributed by atoms with van der Waals surface area (Å²) in [5.74, 6) is -1.20. The predicted octanol–water partition coefficient (Wildman–Crippen LogP) is 2.23. The number of aromatic amines is 1. The molecule has 1 unspecified atom stereocenters. The van der Waals surface area contributed by atoms with Crippen LogP contribution in [0.25, 0.3) is 0 Å². The highest BCUT2D eigenvalue weighted by atomic mass is 16.4. The number of hydrogen-bond acceptors (Lipinski definition) is 3. The Morgan fingerprint density at radius 1 is 1.08 bits per heavy atom. The van der Waals surface area contributed by atoms with E-state index >= 15 is 0 Å². The van der Waals surface area contributed by atoms with Gasteiger partial charge < -0.3 is 15.4 Å². The molecule has 1 saturated carbocycles. The number of amides is 1. The minimum Gasteiger partial charge on any atom is -0.480 e. The highest BCUT2D eigenvalue weighted by Crippen LogP contribution is 2.33. The van der Waals surface area contributed by atoms with Crippen molar-refractivity contribution in [1.29, 1.82) is 0 Å². The molecule has 0 aliphatic heterocycles. The third kappa shape index (κ3) is 3.71. The van der Waals surface area contributed by atoms with Crippen LogP contribution in [0, 0.1) is 5.92 Å². The topological polar surface area (TPSA) is 99.3 Å². The molecule has 1 amide bonds. The van der Waals surface area contributed by atoms with Gasteiger partial charge in [-0.2, -0.15) is 0 Å². The van der Waals surface area contributed by atoms with E-state index in [4.69, 9.17) is 0 Å². The summed E-state index contributed by atoms with van der Waals surface area (Å²) in [6.45, 7) is 0. The molecule has 1 aliphatic carbocycles. The van der Waals surface area contributed by atoms with Crippen LogP contribution in [0.15, 0.2) is 42.7 Å². The van der Waals surface area contributed by atoms with E-state index in [1.165, 1.54) is 12.1 Å². The number of carboxylic acid groups (broad SMARTS) is 1. The lowest BCUT2D eigenvalue weighted by atomic mass is 10.0. The molecule has 6 nitrogen and oxygen atoms in total. The molecule has 6 heteroatoms. The molecule has 1 fully saturated rings. The molecule has 2 aromatic rings. The van der Waals surface area contributed by atoms with Crippen LogP contribution in [0.5, 0.6) is 0 Å². The van der Waals surface area contributed by atoms with Gasteiger partial charge in [-0.25, -0.2) is 4.79 Å². The van der Waals surface area contributed by atoms with Gasteiger partial charge in [0.1, 0.15) is 6.04 Å². The summed E-state index contributed by atoms with van der Waals surface area (Å²) in [4.78, 5) is 38.5. The Morgan fingerprint density at radius 3 is 2.29 bits per heavy atom. The smallest absolute Gasteiger partial charge is 0.326 e. The highest BCUT2D eigenvalue weighted by Gasteiger charge is 2.30. The molecule has 1 heterocycles. The molecule has 3 rings (SSSR count). The Labute approximate surface area is 138 Å². The van der Waals surface area contributed by atoms with E-state index in [1.54, 1.807) is 30.6 Å². The molecule has 124 valence electrons. The van der Waals surface area contributed by atoms with Gasteiger partial charge in [-0.05, 0) is 30.5 Å². The summed E-state index contributed by atoms with van der Waals surface area (Å²) < 4.78 is 0. The zero-order valence-corrected chi connectivity index (χ0v) is 13.0. The van der Waals surface area contributed by atoms with Crippen LogP contribution < -0.4 is 5.32 Å². The maximum atomic E-state index is 12.2. The quantitative estimate of drug-likeness (QED) is 0.679. The Bertz CT molecular complexity index is 746. The van der Waals surface area contributed by atoms with Crippen LogP contribution in [0.2, 0.25) is 0 Å². The third-order valence-electron chi connectivity index (χ3n) is 4.14. The second kappa shape index (κ2) is 6.70. The Kier molecular flexibility index (Phi) is 4.46. The van der Waals surface area contributed by atoms with Gasteiger partial charge in [0.2, 0.25) is 0 Å². The first-order valence-corrected chi connectivity index (χ1v) is 7.86. The summed E-state index contributed by atoms with van der Waals surface area (Å²) in [7, 11) is 0. The number of rotatable bonds is 7. The van der Waals surface area contributed by atoms with Gasteiger partial charge in [0.05, 0.1) is 0 Å². The van der Waals surface area contributed by atoms with Gasteiger partial charge in [-0.3, -0.25) is 9.59 Å². The van der Waals surface area contributed by atoms with Gasteiger partial charge in [-0.1, -0.05) is 25.0 Å². The molecule has 0 saturated heterocycles. The van der Waals surface area contributed by atoms with E-state index in [9.17, 15) is 19.5 Å². The van der Waals surface area contributed by atoms with E-state index in [-0.39, 0.29) is 5.78 Å². The van der Waals surface area contributed by atoms with Crippen LogP contribution in [-0.4, -0.2) is 33.8 Å². The van der Waals surface area contributed by atoms with Gasteiger partial charge in [0.15, 0.2) is 5.78 Å². The fraction of sp³-hybridized carbons (Fsp3) is 0.278.